The van der Waals surface area contributed by atoms with Crippen LogP contribution in [0, 0.1) is 6.92 Å². The van der Waals surface area contributed by atoms with Gasteiger partial charge >= 0.3 is 0 Å². The molecule has 140 valence electrons. The van der Waals surface area contributed by atoms with Gasteiger partial charge in [0.15, 0.2) is 0 Å². The van der Waals surface area contributed by atoms with Crippen molar-refractivity contribution in [1.82, 2.24) is 4.90 Å². The maximum atomic E-state index is 13.1. The van der Waals surface area contributed by atoms with E-state index in [0.717, 1.165) is 17.5 Å². The minimum absolute atomic E-state index is 0.0419. The number of hydrogen-bond donors (Lipinski definition) is 1. The fraction of sp³-hybridized carbons (Fsp3) is 0.333. The minimum Gasteiger partial charge on any atom is -0.495 e. The van der Waals surface area contributed by atoms with Crippen LogP contribution < -0.4 is 10.1 Å². The van der Waals surface area contributed by atoms with E-state index in [1.807, 2.05) is 55.5 Å². The van der Waals surface area contributed by atoms with E-state index in [-0.39, 0.29) is 11.8 Å². The molecule has 2 aromatic carbocycles. The highest BCUT2D eigenvalue weighted by atomic mass is 32.2. The minimum atomic E-state index is -0.490. The first-order chi connectivity index (χ1) is 13.0. The summed E-state index contributed by atoms with van der Waals surface area (Å²) in [6.45, 7) is 1.96. The van der Waals surface area contributed by atoms with Gasteiger partial charge in [-0.2, -0.15) is 0 Å². The highest BCUT2D eigenvalue weighted by Gasteiger charge is 2.56. The normalized spacial score (nSPS) is 24.0. The molecule has 2 saturated heterocycles. The van der Waals surface area contributed by atoms with Crippen molar-refractivity contribution < 1.29 is 14.3 Å². The van der Waals surface area contributed by atoms with Crippen LogP contribution in [0.25, 0.3) is 0 Å². The van der Waals surface area contributed by atoms with Crippen molar-refractivity contribution >= 4 is 29.3 Å². The number of methoxy groups -OCH3 is 1. The summed E-state index contributed by atoms with van der Waals surface area (Å²) in [5.41, 5.74) is 2.75. The number of benzene rings is 2. The average molecular weight is 382 g/mol. The Morgan fingerprint density at radius 2 is 2.04 bits per heavy atom. The first kappa shape index (κ1) is 17.9. The lowest BCUT2D eigenvalue weighted by Gasteiger charge is -2.34. The van der Waals surface area contributed by atoms with Gasteiger partial charge in [0.05, 0.1) is 12.8 Å². The molecule has 0 saturated carbocycles. The maximum absolute atomic E-state index is 13.1. The number of thioether (sulfide) groups is 1. The second-order valence-electron chi connectivity index (χ2n) is 6.93. The third kappa shape index (κ3) is 2.98. The molecule has 0 spiro atoms. The third-order valence-corrected chi connectivity index (χ3v) is 6.86. The smallest absolute Gasteiger partial charge is 0.248 e. The van der Waals surface area contributed by atoms with Crippen molar-refractivity contribution in [2.24, 2.45) is 0 Å². The molecule has 5 nitrogen and oxygen atoms in total. The molecule has 0 bridgehead atoms. The van der Waals surface area contributed by atoms with Crippen LogP contribution in [-0.4, -0.2) is 35.6 Å². The SMILES string of the molecule is COc1ccc(C)cc1NC(=O)[C@H]1CS[C@@]2(c3ccccc3)CCC(=O)N12. The van der Waals surface area contributed by atoms with Gasteiger partial charge in [-0.3, -0.25) is 9.59 Å². The lowest BCUT2D eigenvalue weighted by atomic mass is 10.0. The molecule has 0 aromatic heterocycles. The number of anilines is 1. The Bertz CT molecular complexity index is 886. The van der Waals surface area contributed by atoms with Gasteiger partial charge in [0.2, 0.25) is 11.8 Å². The van der Waals surface area contributed by atoms with Crippen LogP contribution in [0.15, 0.2) is 48.5 Å². The monoisotopic (exact) mass is 382 g/mol. The van der Waals surface area contributed by atoms with E-state index in [2.05, 4.69) is 5.32 Å². The van der Waals surface area contributed by atoms with Crippen LogP contribution in [-0.2, 0) is 14.5 Å². The summed E-state index contributed by atoms with van der Waals surface area (Å²) in [4.78, 5) is 27.1. The molecular formula is C21H22N2O3S. The second kappa shape index (κ2) is 6.93. The highest BCUT2D eigenvalue weighted by Crippen LogP contribution is 2.54. The summed E-state index contributed by atoms with van der Waals surface area (Å²) in [5.74, 6) is 1.07. The first-order valence-electron chi connectivity index (χ1n) is 9.02. The largest absolute Gasteiger partial charge is 0.495 e. The third-order valence-electron chi connectivity index (χ3n) is 5.27. The molecule has 2 amide bonds. The number of carbonyl (C=O) groups is 2. The summed E-state index contributed by atoms with van der Waals surface area (Å²) < 4.78 is 5.36. The Kier molecular flexibility index (Phi) is 4.60. The van der Waals surface area contributed by atoms with Gasteiger partial charge in [0.1, 0.15) is 16.7 Å². The summed E-state index contributed by atoms with van der Waals surface area (Å²) in [6.07, 6.45) is 1.21. The highest BCUT2D eigenvalue weighted by molar-refractivity contribution is 8.00. The number of nitrogens with one attached hydrogen (secondary N) is 1. The van der Waals surface area contributed by atoms with Gasteiger partial charge in [-0.25, -0.2) is 0 Å². The maximum Gasteiger partial charge on any atom is 0.248 e. The van der Waals surface area contributed by atoms with E-state index in [1.54, 1.807) is 23.8 Å². The molecule has 27 heavy (non-hydrogen) atoms. The number of carbonyl (C=O) groups excluding carboxylic acids is 2. The predicted molar refractivity (Wildman–Crippen MR) is 107 cm³/mol. The van der Waals surface area contributed by atoms with E-state index in [1.165, 1.54) is 0 Å². The zero-order chi connectivity index (χ0) is 19.0. The molecule has 0 aliphatic carbocycles. The van der Waals surface area contributed by atoms with Gasteiger partial charge in [0, 0.05) is 12.2 Å². The number of rotatable bonds is 4. The number of ether oxygens (including phenoxy) is 1. The lowest BCUT2D eigenvalue weighted by Crippen LogP contribution is -2.48. The molecular weight excluding hydrogens is 360 g/mol. The van der Waals surface area contributed by atoms with Gasteiger partial charge in [-0.05, 0) is 36.6 Å². The van der Waals surface area contributed by atoms with Crippen LogP contribution in [0.3, 0.4) is 0 Å². The molecule has 2 aromatic rings. The Hall–Kier alpha value is -2.47. The van der Waals surface area contributed by atoms with Crippen LogP contribution in [0.2, 0.25) is 0 Å². The number of nitrogens with zero attached hydrogens (tertiary/aromatic N) is 1. The predicted octanol–water partition coefficient (Wildman–Crippen LogP) is 3.53. The number of fused-ring (bicyclic) bond motifs is 1. The Balaban J connectivity index is 1.63. The first-order valence-corrected chi connectivity index (χ1v) is 10.0. The summed E-state index contributed by atoms with van der Waals surface area (Å²) in [5, 5.41) is 2.97. The van der Waals surface area contributed by atoms with Crippen molar-refractivity contribution in [3.63, 3.8) is 0 Å². The Labute approximate surface area is 163 Å². The standard InChI is InChI=1S/C21H22N2O3S/c1-14-8-9-18(26-2)16(12-14)22-20(25)17-13-27-21(11-10-19(24)23(17)21)15-6-4-3-5-7-15/h3-9,12,17H,10-11,13H2,1-2H3,(H,22,25)/t17-,21-/m1/s1. The molecule has 2 heterocycles. The number of hydrogen-bond acceptors (Lipinski definition) is 4. The summed E-state index contributed by atoms with van der Waals surface area (Å²) in [6, 6.07) is 15.2. The van der Waals surface area contributed by atoms with Crippen LogP contribution in [0.5, 0.6) is 5.75 Å². The van der Waals surface area contributed by atoms with Crippen molar-refractivity contribution in [3.05, 3.63) is 59.7 Å². The molecule has 0 radical (unpaired) electrons. The van der Waals surface area contributed by atoms with Crippen molar-refractivity contribution in [2.45, 2.75) is 30.7 Å². The van der Waals surface area contributed by atoms with Gasteiger partial charge in [-0.15, -0.1) is 11.8 Å². The fourth-order valence-electron chi connectivity index (χ4n) is 3.97. The van der Waals surface area contributed by atoms with E-state index >= 15 is 0 Å². The van der Waals surface area contributed by atoms with Crippen LogP contribution >= 0.6 is 11.8 Å². The molecule has 2 atom stereocenters. The van der Waals surface area contributed by atoms with Crippen LogP contribution in [0.1, 0.15) is 24.0 Å². The zero-order valence-electron chi connectivity index (χ0n) is 15.4. The van der Waals surface area contributed by atoms with Crippen LogP contribution in [0.4, 0.5) is 5.69 Å². The van der Waals surface area contributed by atoms with Gasteiger partial charge in [-0.1, -0.05) is 36.4 Å². The average Bonchev–Trinajstić information content (AvgIpc) is 3.22. The van der Waals surface area contributed by atoms with Crippen molar-refractivity contribution in [3.8, 4) is 5.75 Å². The van der Waals surface area contributed by atoms with E-state index < -0.39 is 10.9 Å². The molecule has 4 rings (SSSR count). The topological polar surface area (TPSA) is 58.6 Å². The lowest BCUT2D eigenvalue weighted by molar-refractivity contribution is -0.136. The fourth-order valence-corrected chi connectivity index (χ4v) is 5.62. The Morgan fingerprint density at radius 3 is 2.78 bits per heavy atom. The summed E-state index contributed by atoms with van der Waals surface area (Å²) >= 11 is 1.69. The van der Waals surface area contributed by atoms with Gasteiger partial charge in [0.25, 0.3) is 0 Å². The van der Waals surface area contributed by atoms with E-state index in [4.69, 9.17) is 4.74 Å². The number of aryl methyl sites for hydroxylation is 1. The molecule has 2 aliphatic rings. The zero-order valence-corrected chi connectivity index (χ0v) is 16.2. The quantitative estimate of drug-likeness (QED) is 0.879. The number of amides is 2. The second-order valence-corrected chi connectivity index (χ2v) is 8.23. The van der Waals surface area contributed by atoms with Crippen molar-refractivity contribution in [1.29, 1.82) is 0 Å². The summed E-state index contributed by atoms with van der Waals surface area (Å²) in [7, 11) is 1.58. The van der Waals surface area contributed by atoms with Crippen molar-refractivity contribution in [2.75, 3.05) is 18.2 Å². The molecule has 0 unspecified atom stereocenters. The van der Waals surface area contributed by atoms with Gasteiger partial charge < -0.3 is 15.0 Å². The molecule has 1 N–H and O–H groups in total. The van der Waals surface area contributed by atoms with E-state index in [0.29, 0.717) is 23.6 Å². The van der Waals surface area contributed by atoms with E-state index in [9.17, 15) is 9.59 Å². The molecule has 2 fully saturated rings. The Morgan fingerprint density at radius 1 is 1.26 bits per heavy atom. The molecule has 2 aliphatic heterocycles. The molecule has 6 heteroatoms.